The Hall–Kier alpha value is -1.35. The van der Waals surface area contributed by atoms with Gasteiger partial charge in [0, 0.05) is 31.9 Å². The maximum Gasteiger partial charge on any atom is 0.132 e. The van der Waals surface area contributed by atoms with Crippen LogP contribution in [0.2, 0.25) is 0 Å². The molecule has 0 saturated heterocycles. The largest absolute Gasteiger partial charge is 0.359 e. The fraction of sp³-hybridized carbons (Fsp3) is 0.562. The van der Waals surface area contributed by atoms with Gasteiger partial charge in [-0.3, -0.25) is 0 Å². The number of hydrogen-bond acceptors (Lipinski definition) is 3. The molecule has 1 rings (SSSR count). The van der Waals surface area contributed by atoms with Crippen molar-refractivity contribution in [1.29, 1.82) is 0 Å². The quantitative estimate of drug-likeness (QED) is 0.546. The molecule has 0 saturated carbocycles. The van der Waals surface area contributed by atoms with E-state index in [-0.39, 0.29) is 0 Å². The molecule has 0 aliphatic rings. The van der Waals surface area contributed by atoms with Gasteiger partial charge in [-0.15, -0.1) is 6.58 Å². The highest BCUT2D eigenvalue weighted by atomic mass is 15.2. The molecule has 0 radical (unpaired) electrons. The van der Waals surface area contributed by atoms with Crippen LogP contribution in [0.15, 0.2) is 31.0 Å². The third-order valence-electron chi connectivity index (χ3n) is 3.00. The summed E-state index contributed by atoms with van der Waals surface area (Å²) in [6.07, 6.45) is 6.01. The molecule has 0 aliphatic carbocycles. The lowest BCUT2D eigenvalue weighted by atomic mass is 10.2. The number of allylic oxidation sites excluding steroid dienone is 1. The topological polar surface area (TPSA) is 28.2 Å². The molecule has 19 heavy (non-hydrogen) atoms. The molecule has 3 heteroatoms. The van der Waals surface area contributed by atoms with Crippen molar-refractivity contribution in [3.63, 3.8) is 0 Å². The summed E-state index contributed by atoms with van der Waals surface area (Å²) in [5.41, 5.74) is 1.27. The molecular formula is C16H27N3. The molecule has 0 aliphatic heterocycles. The standard InChI is InChI=1S/C16H27N3/c1-5-6-7-11-19(4)16-15(9-8-10-18-16)13-17-12-14(2)3/h5,8-10,14,17H,1,6-7,11-13H2,2-4H3. The van der Waals surface area contributed by atoms with Crippen molar-refractivity contribution < 1.29 is 0 Å². The summed E-state index contributed by atoms with van der Waals surface area (Å²) < 4.78 is 0. The van der Waals surface area contributed by atoms with Crippen molar-refractivity contribution in [3.8, 4) is 0 Å². The Morgan fingerprint density at radius 2 is 2.26 bits per heavy atom. The van der Waals surface area contributed by atoms with Crippen LogP contribution in [0.3, 0.4) is 0 Å². The number of rotatable bonds is 9. The van der Waals surface area contributed by atoms with Crippen LogP contribution in [-0.2, 0) is 6.54 Å². The molecule has 0 spiro atoms. The molecule has 1 aromatic rings. The minimum absolute atomic E-state index is 0.672. The number of anilines is 1. The molecule has 0 aromatic carbocycles. The van der Waals surface area contributed by atoms with Gasteiger partial charge in [-0.2, -0.15) is 0 Å². The van der Waals surface area contributed by atoms with Gasteiger partial charge in [-0.1, -0.05) is 26.0 Å². The Kier molecular flexibility index (Phi) is 7.19. The molecule has 0 fully saturated rings. The second-order valence-electron chi connectivity index (χ2n) is 5.36. The molecule has 0 bridgehead atoms. The van der Waals surface area contributed by atoms with Crippen LogP contribution < -0.4 is 10.2 Å². The van der Waals surface area contributed by atoms with Gasteiger partial charge in [0.15, 0.2) is 0 Å². The Balaban J connectivity index is 2.58. The lowest BCUT2D eigenvalue weighted by molar-refractivity contribution is 0.551. The molecule has 1 heterocycles. The lowest BCUT2D eigenvalue weighted by Gasteiger charge is -2.21. The van der Waals surface area contributed by atoms with Gasteiger partial charge in [0.05, 0.1) is 0 Å². The zero-order valence-electron chi connectivity index (χ0n) is 12.5. The molecule has 0 atom stereocenters. The van der Waals surface area contributed by atoms with Gasteiger partial charge >= 0.3 is 0 Å². The first-order valence-corrected chi connectivity index (χ1v) is 7.11. The Bertz CT molecular complexity index is 374. The fourth-order valence-corrected chi connectivity index (χ4v) is 1.99. The Morgan fingerprint density at radius 1 is 1.47 bits per heavy atom. The van der Waals surface area contributed by atoms with Gasteiger partial charge in [0.2, 0.25) is 0 Å². The van der Waals surface area contributed by atoms with E-state index < -0.39 is 0 Å². The predicted molar refractivity (Wildman–Crippen MR) is 83.5 cm³/mol. The SMILES string of the molecule is C=CCCCN(C)c1ncccc1CNCC(C)C. The van der Waals surface area contributed by atoms with Gasteiger partial charge in [0.25, 0.3) is 0 Å². The van der Waals surface area contributed by atoms with Crippen LogP contribution >= 0.6 is 0 Å². The van der Waals surface area contributed by atoms with Crippen molar-refractivity contribution in [1.82, 2.24) is 10.3 Å². The van der Waals surface area contributed by atoms with Gasteiger partial charge in [0.1, 0.15) is 5.82 Å². The predicted octanol–water partition coefficient (Wildman–Crippen LogP) is 3.23. The monoisotopic (exact) mass is 261 g/mol. The number of unbranched alkanes of at least 4 members (excludes halogenated alkanes) is 1. The van der Waals surface area contributed by atoms with E-state index in [4.69, 9.17) is 0 Å². The summed E-state index contributed by atoms with van der Waals surface area (Å²) in [7, 11) is 2.11. The molecule has 1 aromatic heterocycles. The second kappa shape index (κ2) is 8.70. The summed E-state index contributed by atoms with van der Waals surface area (Å²) in [6, 6.07) is 4.16. The fourth-order valence-electron chi connectivity index (χ4n) is 1.99. The van der Waals surface area contributed by atoms with E-state index in [1.54, 1.807) is 0 Å². The van der Waals surface area contributed by atoms with Crippen molar-refractivity contribution in [2.24, 2.45) is 5.92 Å². The van der Waals surface area contributed by atoms with Crippen LogP contribution in [-0.4, -0.2) is 25.1 Å². The Labute approximate surface area is 117 Å². The molecule has 106 valence electrons. The summed E-state index contributed by atoms with van der Waals surface area (Å²) in [4.78, 5) is 6.75. The second-order valence-corrected chi connectivity index (χ2v) is 5.36. The average Bonchev–Trinajstić information content (AvgIpc) is 2.39. The van der Waals surface area contributed by atoms with E-state index in [9.17, 15) is 0 Å². The first-order valence-electron chi connectivity index (χ1n) is 7.11. The minimum Gasteiger partial charge on any atom is -0.359 e. The van der Waals surface area contributed by atoms with Crippen molar-refractivity contribution in [2.75, 3.05) is 25.0 Å². The molecule has 3 nitrogen and oxygen atoms in total. The van der Waals surface area contributed by atoms with E-state index in [1.807, 2.05) is 18.3 Å². The number of nitrogens with one attached hydrogen (secondary N) is 1. The van der Waals surface area contributed by atoms with Gasteiger partial charge < -0.3 is 10.2 Å². The van der Waals surface area contributed by atoms with Gasteiger partial charge in [-0.05, 0) is 31.4 Å². The van der Waals surface area contributed by atoms with Gasteiger partial charge in [-0.25, -0.2) is 4.98 Å². The summed E-state index contributed by atoms with van der Waals surface area (Å²) in [5.74, 6) is 1.76. The Morgan fingerprint density at radius 3 is 2.95 bits per heavy atom. The minimum atomic E-state index is 0.672. The van der Waals surface area contributed by atoms with E-state index in [0.717, 1.165) is 38.3 Å². The maximum absolute atomic E-state index is 4.52. The first kappa shape index (κ1) is 15.7. The van der Waals surface area contributed by atoms with Crippen LogP contribution in [0.1, 0.15) is 32.3 Å². The number of nitrogens with zero attached hydrogens (tertiary/aromatic N) is 2. The highest BCUT2D eigenvalue weighted by Crippen LogP contribution is 2.16. The normalized spacial score (nSPS) is 10.7. The zero-order chi connectivity index (χ0) is 14.1. The van der Waals surface area contributed by atoms with E-state index in [0.29, 0.717) is 5.92 Å². The summed E-state index contributed by atoms with van der Waals surface area (Å²) >= 11 is 0. The summed E-state index contributed by atoms with van der Waals surface area (Å²) in [5, 5.41) is 3.48. The molecular weight excluding hydrogens is 234 g/mol. The first-order chi connectivity index (χ1) is 9.15. The maximum atomic E-state index is 4.52. The highest BCUT2D eigenvalue weighted by Gasteiger charge is 2.08. The smallest absolute Gasteiger partial charge is 0.132 e. The van der Waals surface area contributed by atoms with Crippen molar-refractivity contribution >= 4 is 5.82 Å². The zero-order valence-corrected chi connectivity index (χ0v) is 12.5. The third-order valence-corrected chi connectivity index (χ3v) is 3.00. The molecule has 0 unspecified atom stereocenters. The number of hydrogen-bond donors (Lipinski definition) is 1. The number of pyridine rings is 1. The third kappa shape index (κ3) is 5.88. The summed E-state index contributed by atoms with van der Waals surface area (Å²) in [6.45, 7) is 11.1. The lowest BCUT2D eigenvalue weighted by Crippen LogP contribution is -2.24. The van der Waals surface area contributed by atoms with E-state index >= 15 is 0 Å². The van der Waals surface area contributed by atoms with E-state index in [2.05, 4.69) is 48.7 Å². The molecule has 0 amide bonds. The molecule has 1 N–H and O–H groups in total. The van der Waals surface area contributed by atoms with Crippen molar-refractivity contribution in [3.05, 3.63) is 36.5 Å². The van der Waals surface area contributed by atoms with Crippen LogP contribution in [0.4, 0.5) is 5.82 Å². The highest BCUT2D eigenvalue weighted by molar-refractivity contribution is 5.45. The van der Waals surface area contributed by atoms with Crippen LogP contribution in [0, 0.1) is 5.92 Å². The average molecular weight is 261 g/mol. The van der Waals surface area contributed by atoms with Crippen LogP contribution in [0.5, 0.6) is 0 Å². The van der Waals surface area contributed by atoms with Crippen LogP contribution in [0.25, 0.3) is 0 Å². The number of aromatic nitrogens is 1. The van der Waals surface area contributed by atoms with E-state index in [1.165, 1.54) is 5.56 Å². The van der Waals surface area contributed by atoms with Crippen molar-refractivity contribution in [2.45, 2.75) is 33.2 Å².